The molecule has 0 amide bonds. The third kappa shape index (κ3) is 1.59. The standard InChI is InChI=1S/C6H4NO3P/c8-5-2-1-4(7-9)3-6(5)11-10/h1-3,8H. The van der Waals surface area contributed by atoms with Crippen molar-refractivity contribution in [2.45, 2.75) is 0 Å². The predicted octanol–water partition coefficient (Wildman–Crippen LogP) is 1.71. The smallest absolute Gasteiger partial charge is 0.196 e. The summed E-state index contributed by atoms with van der Waals surface area (Å²) in [5, 5.41) is 11.8. The summed E-state index contributed by atoms with van der Waals surface area (Å²) in [6, 6.07) is 3.88. The lowest BCUT2D eigenvalue weighted by molar-refractivity contribution is 0.479. The highest BCUT2D eigenvalue weighted by Gasteiger charge is 2.01. The summed E-state index contributed by atoms with van der Waals surface area (Å²) in [4.78, 5) is 9.95. The summed E-state index contributed by atoms with van der Waals surface area (Å²) in [5.74, 6) is -0.103. The molecule has 1 rings (SSSR count). The number of rotatable bonds is 2. The summed E-state index contributed by atoms with van der Waals surface area (Å²) < 4.78 is 10.3. The molecule has 0 radical (unpaired) electrons. The molecule has 1 aromatic rings. The predicted molar refractivity (Wildman–Crippen MR) is 40.8 cm³/mol. The summed E-state index contributed by atoms with van der Waals surface area (Å²) in [6.07, 6.45) is 0. The Morgan fingerprint density at radius 2 is 2.18 bits per heavy atom. The molecule has 0 aliphatic heterocycles. The number of hydrogen-bond acceptors (Lipinski definition) is 4. The Morgan fingerprint density at radius 3 is 2.73 bits per heavy atom. The van der Waals surface area contributed by atoms with Gasteiger partial charge in [0.05, 0.1) is 5.30 Å². The van der Waals surface area contributed by atoms with Gasteiger partial charge in [0.2, 0.25) is 0 Å². The fraction of sp³-hybridized carbons (Fsp3) is 0. The molecule has 0 bridgehead atoms. The minimum atomic E-state index is -0.322. The molecule has 0 aliphatic rings. The van der Waals surface area contributed by atoms with E-state index in [1.807, 2.05) is 0 Å². The van der Waals surface area contributed by atoms with Gasteiger partial charge in [-0.3, -0.25) is 4.57 Å². The quantitative estimate of drug-likeness (QED) is 0.541. The molecule has 0 aromatic heterocycles. The summed E-state index contributed by atoms with van der Waals surface area (Å²) in [6.45, 7) is 0. The van der Waals surface area contributed by atoms with Gasteiger partial charge in [-0.2, -0.15) is 0 Å². The van der Waals surface area contributed by atoms with Crippen LogP contribution in [0, 0.1) is 4.91 Å². The number of benzene rings is 1. The molecule has 4 nitrogen and oxygen atoms in total. The van der Waals surface area contributed by atoms with E-state index in [0.717, 1.165) is 0 Å². The number of phenols is 1. The maximum absolute atomic E-state index is 10.3. The van der Waals surface area contributed by atoms with E-state index < -0.39 is 0 Å². The molecule has 11 heavy (non-hydrogen) atoms. The highest BCUT2D eigenvalue weighted by atomic mass is 31.1. The van der Waals surface area contributed by atoms with Gasteiger partial charge in [-0.05, 0) is 23.4 Å². The van der Waals surface area contributed by atoms with E-state index >= 15 is 0 Å². The lowest BCUT2D eigenvalue weighted by Gasteiger charge is -1.93. The van der Waals surface area contributed by atoms with Gasteiger partial charge in [0.15, 0.2) is 8.46 Å². The van der Waals surface area contributed by atoms with Crippen LogP contribution in [0.25, 0.3) is 0 Å². The first-order valence-electron chi connectivity index (χ1n) is 2.77. The molecule has 0 heterocycles. The van der Waals surface area contributed by atoms with Gasteiger partial charge in [-0.25, -0.2) is 0 Å². The van der Waals surface area contributed by atoms with Gasteiger partial charge >= 0.3 is 0 Å². The number of phenolic OH excluding ortho intramolecular Hbond substituents is 1. The molecule has 0 unspecified atom stereocenters. The molecule has 56 valence electrons. The molecule has 1 aromatic carbocycles. The van der Waals surface area contributed by atoms with Gasteiger partial charge in [0, 0.05) is 0 Å². The van der Waals surface area contributed by atoms with E-state index in [2.05, 4.69) is 5.18 Å². The molecule has 0 fully saturated rings. The molecule has 0 saturated heterocycles. The van der Waals surface area contributed by atoms with Crippen LogP contribution in [-0.4, -0.2) is 5.11 Å². The maximum atomic E-state index is 10.3. The number of hydrogen-bond donors (Lipinski definition) is 1. The fourth-order valence-electron chi connectivity index (χ4n) is 0.642. The average molecular weight is 169 g/mol. The Bertz CT molecular complexity index is 300. The monoisotopic (exact) mass is 169 g/mol. The van der Waals surface area contributed by atoms with Crippen LogP contribution in [0.3, 0.4) is 0 Å². The van der Waals surface area contributed by atoms with Crippen molar-refractivity contribution >= 4 is 19.5 Å². The first-order valence-corrected chi connectivity index (χ1v) is 3.59. The molecule has 0 atom stereocenters. The van der Waals surface area contributed by atoms with Crippen LogP contribution in [0.5, 0.6) is 5.75 Å². The molecule has 0 aliphatic carbocycles. The fourth-order valence-corrected chi connectivity index (χ4v) is 0.995. The van der Waals surface area contributed by atoms with E-state index in [1.54, 1.807) is 0 Å². The summed E-state index contributed by atoms with van der Waals surface area (Å²) in [7, 11) is -0.322. The second-order valence-electron chi connectivity index (χ2n) is 1.86. The molecule has 1 N–H and O–H groups in total. The Balaban J connectivity index is 3.22. The minimum Gasteiger partial charge on any atom is -0.507 e. The first kappa shape index (κ1) is 7.82. The lowest BCUT2D eigenvalue weighted by atomic mass is 10.3. The van der Waals surface area contributed by atoms with E-state index in [4.69, 9.17) is 5.11 Å². The summed E-state index contributed by atoms with van der Waals surface area (Å²) >= 11 is 0. The van der Waals surface area contributed by atoms with Gasteiger partial charge < -0.3 is 5.11 Å². The van der Waals surface area contributed by atoms with Crippen LogP contribution >= 0.6 is 8.46 Å². The third-order valence-electron chi connectivity index (χ3n) is 1.16. The highest BCUT2D eigenvalue weighted by Crippen LogP contribution is 2.17. The van der Waals surface area contributed by atoms with Crippen LogP contribution in [0.2, 0.25) is 0 Å². The van der Waals surface area contributed by atoms with E-state index in [-0.39, 0.29) is 25.2 Å². The van der Waals surface area contributed by atoms with Crippen molar-refractivity contribution in [3.05, 3.63) is 23.1 Å². The lowest BCUT2D eigenvalue weighted by Crippen LogP contribution is -1.89. The zero-order chi connectivity index (χ0) is 8.27. The second kappa shape index (κ2) is 3.21. The number of aromatic hydroxyl groups is 1. The van der Waals surface area contributed by atoms with Crippen molar-refractivity contribution < 1.29 is 9.67 Å². The maximum Gasteiger partial charge on any atom is 0.196 e. The van der Waals surface area contributed by atoms with Crippen LogP contribution in [0.4, 0.5) is 5.69 Å². The molecule has 0 spiro atoms. The van der Waals surface area contributed by atoms with Crippen molar-refractivity contribution in [2.75, 3.05) is 0 Å². The van der Waals surface area contributed by atoms with Gasteiger partial charge in [0.25, 0.3) is 0 Å². The second-order valence-corrected chi connectivity index (χ2v) is 2.52. The molecular weight excluding hydrogens is 165 g/mol. The molecule has 0 saturated carbocycles. The van der Waals surface area contributed by atoms with Crippen molar-refractivity contribution in [1.82, 2.24) is 0 Å². The van der Waals surface area contributed by atoms with E-state index in [9.17, 15) is 9.47 Å². The summed E-state index contributed by atoms with van der Waals surface area (Å²) in [5.41, 5.74) is 0.154. The first-order chi connectivity index (χ1) is 5.27. The highest BCUT2D eigenvalue weighted by molar-refractivity contribution is 7.34. The van der Waals surface area contributed by atoms with Crippen molar-refractivity contribution in [1.29, 1.82) is 0 Å². The van der Waals surface area contributed by atoms with Crippen molar-refractivity contribution in [3.8, 4) is 5.75 Å². The van der Waals surface area contributed by atoms with Crippen LogP contribution in [0.1, 0.15) is 0 Å². The SMILES string of the molecule is O=Nc1ccc(O)c(P=O)c1. The Kier molecular flexibility index (Phi) is 2.28. The van der Waals surface area contributed by atoms with Gasteiger partial charge in [0.1, 0.15) is 11.4 Å². The molecular formula is C6H4NO3P. The topological polar surface area (TPSA) is 66.7 Å². The van der Waals surface area contributed by atoms with E-state index in [0.29, 0.717) is 0 Å². The number of nitroso groups, excluding NO2 is 1. The minimum absolute atomic E-state index is 0.103. The normalized spacial score (nSPS) is 9.82. The Labute approximate surface area is 64.0 Å². The zero-order valence-electron chi connectivity index (χ0n) is 5.39. The van der Waals surface area contributed by atoms with Gasteiger partial charge in [-0.1, -0.05) is 0 Å². The Morgan fingerprint density at radius 1 is 1.45 bits per heavy atom. The molecule has 5 heteroatoms. The van der Waals surface area contributed by atoms with Crippen molar-refractivity contribution in [3.63, 3.8) is 0 Å². The third-order valence-corrected chi connectivity index (χ3v) is 1.72. The van der Waals surface area contributed by atoms with Crippen molar-refractivity contribution in [2.24, 2.45) is 5.18 Å². The number of nitrogens with zero attached hydrogens (tertiary/aromatic N) is 1. The van der Waals surface area contributed by atoms with Crippen LogP contribution in [0.15, 0.2) is 23.4 Å². The Hall–Kier alpha value is -1.28. The average Bonchev–Trinajstić information content (AvgIpc) is 2.05. The largest absolute Gasteiger partial charge is 0.507 e. The van der Waals surface area contributed by atoms with E-state index in [1.165, 1.54) is 18.2 Å². The van der Waals surface area contributed by atoms with Crippen LogP contribution < -0.4 is 5.30 Å². The van der Waals surface area contributed by atoms with Gasteiger partial charge in [-0.15, -0.1) is 4.91 Å². The van der Waals surface area contributed by atoms with Crippen LogP contribution in [-0.2, 0) is 4.57 Å². The zero-order valence-corrected chi connectivity index (χ0v) is 6.28.